The molecule has 0 spiro atoms. The predicted molar refractivity (Wildman–Crippen MR) is 262 cm³/mol. The molecule has 3 N–H and O–H groups in total. The third-order valence-corrected chi connectivity index (χ3v) is 15.1. The van der Waals surface area contributed by atoms with Crippen molar-refractivity contribution in [3.05, 3.63) is 53.9 Å². The van der Waals surface area contributed by atoms with Crippen LogP contribution in [0.4, 0.5) is 0 Å². The van der Waals surface area contributed by atoms with E-state index < -0.39 is 77.8 Å². The van der Waals surface area contributed by atoms with Crippen molar-refractivity contribution in [2.75, 3.05) is 27.9 Å². The number of aromatic nitrogens is 4. The van der Waals surface area contributed by atoms with Crippen molar-refractivity contribution in [2.45, 2.75) is 181 Å². The lowest BCUT2D eigenvalue weighted by Gasteiger charge is -2.42. The molecule has 70 heavy (non-hydrogen) atoms. The summed E-state index contributed by atoms with van der Waals surface area (Å²) in [6, 6.07) is -1.11. The predicted octanol–water partition coefficient (Wildman–Crippen LogP) is 6.66. The number of ketones is 3. The van der Waals surface area contributed by atoms with E-state index in [2.05, 4.69) is 27.5 Å². The summed E-state index contributed by atoms with van der Waals surface area (Å²) < 4.78 is 29.7. The summed E-state index contributed by atoms with van der Waals surface area (Å²) >= 11 is 0. The first-order valence-electron chi connectivity index (χ1n) is 25.4. The van der Waals surface area contributed by atoms with Gasteiger partial charge in [-0.25, -0.2) is 4.79 Å². The second-order valence-corrected chi connectivity index (χ2v) is 20.6. The summed E-state index contributed by atoms with van der Waals surface area (Å²) in [4.78, 5) is 71.9. The van der Waals surface area contributed by atoms with Crippen LogP contribution >= 0.6 is 0 Å². The number of amides is 1. The highest BCUT2D eigenvalue weighted by molar-refractivity contribution is 6.39. The van der Waals surface area contributed by atoms with E-state index in [4.69, 9.17) is 23.7 Å². The fourth-order valence-electron chi connectivity index (χ4n) is 10.5. The Kier molecular flexibility index (Phi) is 23.4. The van der Waals surface area contributed by atoms with Crippen LogP contribution in [0.15, 0.2) is 53.9 Å². The van der Waals surface area contributed by atoms with Crippen molar-refractivity contribution in [1.29, 1.82) is 0 Å². The number of fused-ring (bicyclic) bond motifs is 3. The number of methoxy groups -OCH3 is 3. The number of cyclic esters (lactones) is 1. The van der Waals surface area contributed by atoms with Crippen molar-refractivity contribution in [3.63, 3.8) is 0 Å². The third-order valence-electron chi connectivity index (χ3n) is 15.1. The number of Topliss-reactive ketones (excluding diaryl/α,β-unsaturated/α-hetero) is 3. The number of hydrogen-bond donors (Lipinski definition) is 3. The quantitative estimate of drug-likeness (QED) is 0.154. The Hall–Kier alpha value is -4.26. The maximum absolute atomic E-state index is 14.4. The van der Waals surface area contributed by atoms with Gasteiger partial charge in [0.05, 0.1) is 18.3 Å². The van der Waals surface area contributed by atoms with Gasteiger partial charge in [0, 0.05) is 58.5 Å². The molecule has 17 nitrogen and oxygen atoms in total. The Morgan fingerprint density at radius 3 is 2.27 bits per heavy atom. The minimum atomic E-state index is -2.41. The summed E-state index contributed by atoms with van der Waals surface area (Å²) in [5.41, 5.74) is 1.30. The van der Waals surface area contributed by atoms with Crippen LogP contribution in [0.25, 0.3) is 0 Å². The van der Waals surface area contributed by atoms with Crippen molar-refractivity contribution >= 4 is 29.2 Å². The van der Waals surface area contributed by atoms with Crippen LogP contribution in [0.2, 0.25) is 0 Å². The number of aromatic amines is 1. The molecule has 1 aromatic heterocycles. The molecule has 3 aliphatic heterocycles. The molecule has 15 atom stereocenters. The first-order valence-corrected chi connectivity index (χ1v) is 25.4. The normalized spacial score (nSPS) is 36.9. The average molecular weight is 982 g/mol. The lowest BCUT2D eigenvalue weighted by atomic mass is 9.76. The lowest BCUT2D eigenvalue weighted by Crippen LogP contribution is -2.61. The largest absolute Gasteiger partial charge is 0.460 e. The van der Waals surface area contributed by atoms with Gasteiger partial charge in [0.1, 0.15) is 30.1 Å². The van der Waals surface area contributed by atoms with E-state index in [9.17, 15) is 34.2 Å². The lowest BCUT2D eigenvalue weighted by molar-refractivity contribution is -0.265. The second kappa shape index (κ2) is 28.1. The average Bonchev–Trinajstić information content (AvgIpc) is 3.94. The molecule has 0 radical (unpaired) electrons. The maximum Gasteiger partial charge on any atom is 0.329 e. The Balaban J connectivity index is 0.00000200. The number of carbonyl (C=O) groups is 5. The molecule has 392 valence electrons. The molecule has 1 unspecified atom stereocenters. The van der Waals surface area contributed by atoms with Gasteiger partial charge in [-0.05, 0) is 113 Å². The van der Waals surface area contributed by atoms with Gasteiger partial charge in [0.2, 0.25) is 5.79 Å². The van der Waals surface area contributed by atoms with Crippen LogP contribution in [0.3, 0.4) is 0 Å². The monoisotopic (exact) mass is 982 g/mol. The Morgan fingerprint density at radius 1 is 0.886 bits per heavy atom. The minimum absolute atomic E-state index is 0.0304. The molecule has 1 amide bonds. The number of piperidine rings is 1. The molecular formula is C53H83N5O12. The number of carbonyl (C=O) groups excluding carboxylic acids is 5. The van der Waals surface area contributed by atoms with E-state index in [0.717, 1.165) is 24.8 Å². The number of tetrazole rings is 1. The van der Waals surface area contributed by atoms with Crippen LogP contribution in [0.5, 0.6) is 0 Å². The number of nitrogens with one attached hydrogen (secondary N) is 1. The molecule has 1 saturated carbocycles. The first-order chi connectivity index (χ1) is 33.2. The minimum Gasteiger partial charge on any atom is -0.460 e. The topological polar surface area (TPSA) is 230 Å². The van der Waals surface area contributed by atoms with E-state index in [1.54, 1.807) is 41.1 Å². The standard InChI is InChI=1S/C52H81NO12.CH2N4/c1-31-17-13-12-14-18-32(2)44(62-10)29-40-23-21-38(8)52(60,65-40)49(57)50(58)53-24-16-15-19-41(53)51(59)64-45(35(5)27-39-22-20-33(3)43(28-39)61-9)30-42(54)34(4)26-37(7)47(56)48(63-11)46(55)36(6)25-31;1-2-4-5-3-1/h12-14,17-18,26,31,33-36,38-41,43-45,47-48,56,60H,15-16,19-25,27-30H2,1-11H3;1H,(H,2,3,4,5)/b14-12?,17-13+,32-18?,37-26+;/t31?,33-,34+,35+,36-,38+,39-,40-,41-,43+,44-,45-,47+,48-,52+;/m0./s1. The van der Waals surface area contributed by atoms with Gasteiger partial charge >= 0.3 is 5.97 Å². The van der Waals surface area contributed by atoms with Gasteiger partial charge < -0.3 is 38.8 Å². The van der Waals surface area contributed by atoms with Crippen LogP contribution in [-0.4, -0.2) is 141 Å². The van der Waals surface area contributed by atoms with Crippen molar-refractivity contribution in [2.24, 2.45) is 41.4 Å². The first kappa shape index (κ1) is 58.3. The zero-order valence-electron chi connectivity index (χ0n) is 43.6. The molecule has 5 rings (SSSR count). The molecule has 4 heterocycles. The fraction of sp³-hybridized carbons (Fsp3) is 0.736. The number of ether oxygens (including phenoxy) is 5. The molecule has 0 aromatic carbocycles. The fourth-order valence-corrected chi connectivity index (χ4v) is 10.5. The Morgan fingerprint density at radius 2 is 1.63 bits per heavy atom. The molecule has 2 saturated heterocycles. The number of allylic oxidation sites excluding steroid dienone is 6. The van der Waals surface area contributed by atoms with E-state index in [0.29, 0.717) is 56.4 Å². The van der Waals surface area contributed by atoms with E-state index >= 15 is 0 Å². The summed E-state index contributed by atoms with van der Waals surface area (Å²) in [5, 5.41) is 35.6. The van der Waals surface area contributed by atoms with Crippen LogP contribution in [0, 0.1) is 41.4 Å². The molecule has 2 bridgehead atoms. The molecule has 17 heteroatoms. The SMILES string of the molecule is CO[C@H]1C[C@@H]2CC[C@@H](C)[C@@](O)(O2)C(=O)C(=O)N2CCCC[C@H]2C(=O)O[C@H]([C@H](C)C[C@@H]2CC[C@H](C)[C@H](OC)C2)CC(=O)[C@H](C)/C=C(\C)[C@@H](O)[C@@H](OC)C(=O)[C@@H](C)CC(C)/C=C/C=CC=C1C.c1nn[nH]n1. The summed E-state index contributed by atoms with van der Waals surface area (Å²) in [5.74, 6) is -7.07. The van der Waals surface area contributed by atoms with Crippen LogP contribution in [-0.2, 0) is 47.7 Å². The highest BCUT2D eigenvalue weighted by atomic mass is 16.6. The zero-order chi connectivity index (χ0) is 51.7. The highest BCUT2D eigenvalue weighted by Gasteiger charge is 2.53. The van der Waals surface area contributed by atoms with E-state index in [1.165, 1.54) is 18.3 Å². The number of aliphatic hydroxyl groups is 2. The number of rotatable bonds is 6. The van der Waals surface area contributed by atoms with Gasteiger partial charge in [0.25, 0.3) is 11.7 Å². The van der Waals surface area contributed by atoms with Crippen molar-refractivity contribution < 1.29 is 57.9 Å². The van der Waals surface area contributed by atoms with Crippen LogP contribution < -0.4 is 0 Å². The van der Waals surface area contributed by atoms with Gasteiger partial charge in [-0.3, -0.25) is 19.2 Å². The number of H-pyrrole nitrogens is 1. The van der Waals surface area contributed by atoms with E-state index in [-0.39, 0.29) is 54.8 Å². The van der Waals surface area contributed by atoms with Gasteiger partial charge in [-0.2, -0.15) is 5.21 Å². The number of aliphatic hydroxyl groups excluding tert-OH is 1. The van der Waals surface area contributed by atoms with Crippen molar-refractivity contribution in [3.8, 4) is 0 Å². The molecular weight excluding hydrogens is 899 g/mol. The maximum atomic E-state index is 14.4. The van der Waals surface area contributed by atoms with Crippen molar-refractivity contribution in [1.82, 2.24) is 25.5 Å². The smallest absolute Gasteiger partial charge is 0.329 e. The zero-order valence-corrected chi connectivity index (χ0v) is 43.6. The Labute approximate surface area is 415 Å². The van der Waals surface area contributed by atoms with E-state index in [1.807, 2.05) is 58.1 Å². The molecule has 4 aliphatic rings. The molecule has 3 fully saturated rings. The van der Waals surface area contributed by atoms with Gasteiger partial charge in [0.15, 0.2) is 12.1 Å². The number of esters is 1. The summed E-state index contributed by atoms with van der Waals surface area (Å²) in [7, 11) is 4.70. The summed E-state index contributed by atoms with van der Waals surface area (Å²) in [6.07, 6.45) is 15.0. The Bertz CT molecular complexity index is 1950. The summed E-state index contributed by atoms with van der Waals surface area (Å²) in [6.45, 7) is 15.1. The number of hydrogen-bond acceptors (Lipinski definition) is 15. The van der Waals surface area contributed by atoms with Gasteiger partial charge in [-0.15, -0.1) is 10.2 Å². The molecule has 1 aliphatic carbocycles. The number of nitrogens with zero attached hydrogens (tertiary/aromatic N) is 4. The third kappa shape index (κ3) is 16.1. The second-order valence-electron chi connectivity index (χ2n) is 20.6. The van der Waals surface area contributed by atoms with Gasteiger partial charge in [-0.1, -0.05) is 83.2 Å². The van der Waals surface area contributed by atoms with Crippen LogP contribution in [0.1, 0.15) is 132 Å². The molecule has 1 aromatic rings. The highest BCUT2D eigenvalue weighted by Crippen LogP contribution is 2.38.